The molecular weight excluding hydrogens is 238 g/mol. The van der Waals surface area contributed by atoms with Crippen LogP contribution in [-0.4, -0.2) is 70.2 Å². The molecular formula is C11H25N3O2S. The maximum atomic E-state index is 12.2. The molecule has 0 aromatic rings. The van der Waals surface area contributed by atoms with Gasteiger partial charge >= 0.3 is 0 Å². The van der Waals surface area contributed by atoms with Crippen molar-refractivity contribution in [1.82, 2.24) is 14.5 Å². The maximum Gasteiger partial charge on any atom is 0.217 e. The fourth-order valence-electron chi connectivity index (χ4n) is 2.07. The van der Waals surface area contributed by atoms with Crippen LogP contribution >= 0.6 is 0 Å². The number of hydrogen-bond acceptors (Lipinski definition) is 4. The molecule has 0 saturated carbocycles. The van der Waals surface area contributed by atoms with Crippen LogP contribution in [0.2, 0.25) is 0 Å². The van der Waals surface area contributed by atoms with Gasteiger partial charge in [0.25, 0.3) is 0 Å². The van der Waals surface area contributed by atoms with E-state index in [9.17, 15) is 8.42 Å². The molecule has 1 heterocycles. The number of sulfonamides is 1. The zero-order chi connectivity index (χ0) is 12.9. The van der Waals surface area contributed by atoms with Crippen molar-refractivity contribution in [2.75, 3.05) is 47.3 Å². The minimum absolute atomic E-state index is 0.236. The third kappa shape index (κ3) is 4.54. The Morgan fingerprint density at radius 2 is 1.94 bits per heavy atom. The molecule has 1 aliphatic heterocycles. The van der Waals surface area contributed by atoms with Gasteiger partial charge in [0.2, 0.25) is 10.0 Å². The minimum Gasteiger partial charge on any atom is -0.315 e. The van der Waals surface area contributed by atoms with E-state index in [2.05, 4.69) is 10.2 Å². The van der Waals surface area contributed by atoms with Gasteiger partial charge in [0.1, 0.15) is 0 Å². The Labute approximate surface area is 105 Å². The predicted octanol–water partition coefficient (Wildman–Crippen LogP) is -0.0483. The Hall–Kier alpha value is -0.170. The van der Waals surface area contributed by atoms with Crippen molar-refractivity contribution in [3.8, 4) is 0 Å². The molecule has 0 spiro atoms. The molecule has 0 bridgehead atoms. The van der Waals surface area contributed by atoms with Crippen LogP contribution in [0.25, 0.3) is 0 Å². The summed E-state index contributed by atoms with van der Waals surface area (Å²) in [6.07, 6.45) is 2.62. The first-order chi connectivity index (χ1) is 7.94. The second-order valence-electron chi connectivity index (χ2n) is 4.99. The van der Waals surface area contributed by atoms with Crippen molar-refractivity contribution in [1.29, 1.82) is 0 Å². The topological polar surface area (TPSA) is 52.7 Å². The Morgan fingerprint density at radius 3 is 2.47 bits per heavy atom. The van der Waals surface area contributed by atoms with Gasteiger partial charge in [-0.25, -0.2) is 12.7 Å². The van der Waals surface area contributed by atoms with E-state index in [-0.39, 0.29) is 5.25 Å². The van der Waals surface area contributed by atoms with E-state index in [0.717, 1.165) is 32.4 Å². The van der Waals surface area contributed by atoms with E-state index in [1.165, 1.54) is 4.31 Å². The molecule has 0 aromatic carbocycles. The van der Waals surface area contributed by atoms with Crippen LogP contribution in [0.1, 0.15) is 19.3 Å². The van der Waals surface area contributed by atoms with Gasteiger partial charge < -0.3 is 10.2 Å². The third-order valence-corrected chi connectivity index (χ3v) is 5.48. The van der Waals surface area contributed by atoms with E-state index in [0.29, 0.717) is 13.1 Å². The molecule has 0 radical (unpaired) electrons. The Morgan fingerprint density at radius 1 is 1.24 bits per heavy atom. The Balaban J connectivity index is 2.45. The molecule has 1 fully saturated rings. The molecule has 1 atom stereocenters. The summed E-state index contributed by atoms with van der Waals surface area (Å²) in [5.41, 5.74) is 0. The van der Waals surface area contributed by atoms with Crippen molar-refractivity contribution in [2.45, 2.75) is 24.5 Å². The van der Waals surface area contributed by atoms with E-state index in [1.54, 1.807) is 7.05 Å². The van der Waals surface area contributed by atoms with E-state index >= 15 is 0 Å². The predicted molar refractivity (Wildman–Crippen MR) is 70.6 cm³/mol. The summed E-state index contributed by atoms with van der Waals surface area (Å²) < 4.78 is 26.0. The van der Waals surface area contributed by atoms with Gasteiger partial charge in [0, 0.05) is 20.1 Å². The van der Waals surface area contributed by atoms with Crippen molar-refractivity contribution < 1.29 is 8.42 Å². The number of hydrogen-bond donors (Lipinski definition) is 1. The maximum absolute atomic E-state index is 12.2. The van der Waals surface area contributed by atoms with Crippen LogP contribution in [-0.2, 0) is 10.0 Å². The molecule has 1 unspecified atom stereocenters. The van der Waals surface area contributed by atoms with E-state index in [4.69, 9.17) is 0 Å². The van der Waals surface area contributed by atoms with E-state index < -0.39 is 10.0 Å². The fraction of sp³-hybridized carbons (Fsp3) is 1.00. The minimum atomic E-state index is -3.11. The molecule has 1 saturated heterocycles. The van der Waals surface area contributed by atoms with Crippen LogP contribution in [0.5, 0.6) is 0 Å². The summed E-state index contributed by atoms with van der Waals surface area (Å²) in [6.45, 7) is 3.07. The first-order valence-corrected chi connectivity index (χ1v) is 7.75. The van der Waals surface area contributed by atoms with Crippen LogP contribution in [0, 0.1) is 0 Å². The van der Waals surface area contributed by atoms with Crippen LogP contribution in [0.15, 0.2) is 0 Å². The quantitative estimate of drug-likeness (QED) is 0.730. The first-order valence-electron chi connectivity index (χ1n) is 6.25. The highest BCUT2D eigenvalue weighted by atomic mass is 32.2. The molecule has 1 aliphatic rings. The zero-order valence-corrected chi connectivity index (χ0v) is 12.0. The summed E-state index contributed by atoms with van der Waals surface area (Å²) in [4.78, 5) is 2.07. The smallest absolute Gasteiger partial charge is 0.217 e. The van der Waals surface area contributed by atoms with Crippen molar-refractivity contribution >= 4 is 10.0 Å². The fourth-order valence-corrected chi connectivity index (χ4v) is 3.75. The summed E-state index contributed by atoms with van der Waals surface area (Å²) in [5.74, 6) is 0. The highest BCUT2D eigenvalue weighted by Crippen LogP contribution is 2.15. The van der Waals surface area contributed by atoms with Gasteiger partial charge in [-0.3, -0.25) is 0 Å². The van der Waals surface area contributed by atoms with Gasteiger partial charge in [-0.15, -0.1) is 0 Å². The lowest BCUT2D eigenvalue weighted by Crippen LogP contribution is -2.45. The lowest BCUT2D eigenvalue weighted by Gasteiger charge is -2.27. The molecule has 1 rings (SSSR count). The lowest BCUT2D eigenvalue weighted by molar-refractivity contribution is 0.365. The molecule has 0 amide bonds. The first kappa shape index (κ1) is 14.9. The molecule has 17 heavy (non-hydrogen) atoms. The lowest BCUT2D eigenvalue weighted by atomic mass is 10.2. The van der Waals surface area contributed by atoms with Gasteiger partial charge in [-0.1, -0.05) is 0 Å². The van der Waals surface area contributed by atoms with Crippen molar-refractivity contribution in [2.24, 2.45) is 0 Å². The summed E-state index contributed by atoms with van der Waals surface area (Å²) in [5, 5.41) is 2.92. The number of nitrogens with one attached hydrogen (secondary N) is 1. The van der Waals surface area contributed by atoms with Gasteiger partial charge in [0.05, 0.1) is 5.25 Å². The SMILES string of the molecule is CN(C)CCCN(C)S(=O)(=O)C1CCCNC1. The largest absolute Gasteiger partial charge is 0.315 e. The Bertz CT molecular complexity index is 311. The molecule has 0 aliphatic carbocycles. The zero-order valence-electron chi connectivity index (χ0n) is 11.1. The number of rotatable bonds is 6. The normalized spacial score (nSPS) is 22.3. The summed E-state index contributed by atoms with van der Waals surface area (Å²) in [6, 6.07) is 0. The molecule has 0 aromatic heterocycles. The number of piperidine rings is 1. The second kappa shape index (κ2) is 6.68. The van der Waals surface area contributed by atoms with Gasteiger partial charge in [-0.2, -0.15) is 0 Å². The standard InChI is InChI=1S/C11H25N3O2S/c1-13(2)8-5-9-14(3)17(15,16)11-6-4-7-12-10-11/h11-12H,4-10H2,1-3H3. The van der Waals surface area contributed by atoms with Crippen LogP contribution < -0.4 is 5.32 Å². The average molecular weight is 263 g/mol. The van der Waals surface area contributed by atoms with Gasteiger partial charge in [0.15, 0.2) is 0 Å². The number of nitrogens with zero attached hydrogens (tertiary/aromatic N) is 2. The van der Waals surface area contributed by atoms with Crippen molar-refractivity contribution in [3.05, 3.63) is 0 Å². The monoisotopic (exact) mass is 263 g/mol. The molecule has 1 N–H and O–H groups in total. The van der Waals surface area contributed by atoms with E-state index in [1.807, 2.05) is 14.1 Å². The molecule has 6 heteroatoms. The second-order valence-corrected chi connectivity index (χ2v) is 7.31. The highest BCUT2D eigenvalue weighted by molar-refractivity contribution is 7.89. The molecule has 102 valence electrons. The highest BCUT2D eigenvalue weighted by Gasteiger charge is 2.30. The van der Waals surface area contributed by atoms with Gasteiger partial charge in [-0.05, 0) is 46.4 Å². The Kier molecular flexibility index (Phi) is 5.85. The molecule has 5 nitrogen and oxygen atoms in total. The summed E-state index contributed by atoms with van der Waals surface area (Å²) >= 11 is 0. The summed E-state index contributed by atoms with van der Waals surface area (Å²) in [7, 11) is 2.59. The van der Waals surface area contributed by atoms with Crippen LogP contribution in [0.4, 0.5) is 0 Å². The third-order valence-electron chi connectivity index (χ3n) is 3.19. The van der Waals surface area contributed by atoms with Crippen molar-refractivity contribution in [3.63, 3.8) is 0 Å². The average Bonchev–Trinajstić information content (AvgIpc) is 2.29. The van der Waals surface area contributed by atoms with Crippen LogP contribution in [0.3, 0.4) is 0 Å².